The number of aromatic nitrogens is 4. The summed E-state index contributed by atoms with van der Waals surface area (Å²) in [5.41, 5.74) is 5.82. The summed E-state index contributed by atoms with van der Waals surface area (Å²) in [6.07, 6.45) is 4.84. The van der Waals surface area contributed by atoms with E-state index >= 15 is 0 Å². The van der Waals surface area contributed by atoms with Crippen LogP contribution in [0.3, 0.4) is 0 Å². The van der Waals surface area contributed by atoms with Crippen LogP contribution in [0.2, 0.25) is 0 Å². The molecule has 7 heteroatoms. The number of fused-ring (bicyclic) bond motifs is 1. The molecular formula is C28H25FN6. The van der Waals surface area contributed by atoms with Crippen LogP contribution in [0, 0.1) is 18.1 Å². The van der Waals surface area contributed by atoms with Gasteiger partial charge in [-0.15, -0.1) is 0 Å². The lowest BCUT2D eigenvalue weighted by Crippen LogP contribution is -2.10. The first-order valence-corrected chi connectivity index (χ1v) is 11.4. The van der Waals surface area contributed by atoms with Crippen LogP contribution in [0.25, 0.3) is 28.3 Å². The molecule has 0 bridgehead atoms. The minimum Gasteiger partial charge on any atom is -0.347 e. The van der Waals surface area contributed by atoms with E-state index in [0.717, 1.165) is 34.6 Å². The third kappa shape index (κ3) is 4.84. The van der Waals surface area contributed by atoms with E-state index in [9.17, 15) is 4.39 Å². The van der Waals surface area contributed by atoms with Gasteiger partial charge in [-0.2, -0.15) is 4.98 Å². The normalized spacial score (nSPS) is 12.0. The number of benzene rings is 2. The predicted molar refractivity (Wildman–Crippen MR) is 135 cm³/mol. The number of pyridine rings is 1. The van der Waals surface area contributed by atoms with Gasteiger partial charge in [-0.1, -0.05) is 30.3 Å². The molecule has 6 nitrogen and oxygen atoms in total. The molecule has 1 N–H and O–H groups in total. The summed E-state index contributed by atoms with van der Waals surface area (Å²) in [6, 6.07) is 23.6. The Labute approximate surface area is 204 Å². The fraction of sp³-hybridized carbons (Fsp3) is 0.179. The van der Waals surface area contributed by atoms with Crippen molar-refractivity contribution in [3.8, 4) is 22.6 Å². The molecule has 0 spiro atoms. The zero-order chi connectivity index (χ0) is 24.4. The number of hydrogen-bond donors (Lipinski definition) is 1. The average Bonchev–Trinajstić information content (AvgIpc) is 3.23. The number of halogens is 1. The molecule has 3 aromatic heterocycles. The number of anilines is 1. The van der Waals surface area contributed by atoms with Crippen LogP contribution in [0.5, 0.6) is 0 Å². The van der Waals surface area contributed by atoms with Gasteiger partial charge >= 0.3 is 0 Å². The summed E-state index contributed by atoms with van der Waals surface area (Å²) < 4.78 is 15.6. The molecule has 5 rings (SSSR count). The highest BCUT2D eigenvalue weighted by Crippen LogP contribution is 2.32. The molecule has 0 unspecified atom stereocenters. The quantitative estimate of drug-likeness (QED) is 0.348. The Morgan fingerprint density at radius 2 is 1.80 bits per heavy atom. The van der Waals surface area contributed by atoms with Gasteiger partial charge < -0.3 is 10.2 Å². The monoisotopic (exact) mass is 464 g/mol. The van der Waals surface area contributed by atoms with Crippen LogP contribution >= 0.6 is 0 Å². The highest BCUT2D eigenvalue weighted by atomic mass is 19.1. The predicted octanol–water partition coefficient (Wildman–Crippen LogP) is 5.43. The molecule has 3 heterocycles. The van der Waals surface area contributed by atoms with E-state index < -0.39 is 0 Å². The molecule has 0 aliphatic carbocycles. The van der Waals surface area contributed by atoms with Crippen LogP contribution in [-0.2, 0) is 6.54 Å². The Balaban J connectivity index is 1.60. The fourth-order valence-electron chi connectivity index (χ4n) is 4.07. The SMILES string of the molecule is C[C@H](Nc1nc#cc(-c2c(-c3ccc(F)cc3)nc3cc(CN(C)C)ccn23)n1)c1ccccc1. The van der Waals surface area contributed by atoms with Crippen molar-refractivity contribution < 1.29 is 4.39 Å². The largest absolute Gasteiger partial charge is 0.347 e. The lowest BCUT2D eigenvalue weighted by Gasteiger charge is -2.14. The minimum atomic E-state index is -0.296. The second-order valence-electron chi connectivity index (χ2n) is 8.73. The van der Waals surface area contributed by atoms with Gasteiger partial charge in [0.05, 0.1) is 11.7 Å². The summed E-state index contributed by atoms with van der Waals surface area (Å²) in [5, 5.41) is 3.35. The van der Waals surface area contributed by atoms with E-state index in [1.165, 1.54) is 12.1 Å². The number of imidazole rings is 1. The van der Waals surface area contributed by atoms with Crippen molar-refractivity contribution in [1.29, 1.82) is 0 Å². The lowest BCUT2D eigenvalue weighted by molar-refractivity contribution is 0.402. The fourth-order valence-corrected chi connectivity index (χ4v) is 4.07. The Morgan fingerprint density at radius 1 is 1.03 bits per heavy atom. The second-order valence-corrected chi connectivity index (χ2v) is 8.73. The Bertz CT molecular complexity index is 1440. The van der Waals surface area contributed by atoms with Crippen LogP contribution in [0.4, 0.5) is 10.3 Å². The smallest absolute Gasteiger partial charge is 0.233 e. The third-order valence-corrected chi connectivity index (χ3v) is 5.73. The lowest BCUT2D eigenvalue weighted by atomic mass is 10.1. The number of nitrogens with zero attached hydrogens (tertiary/aromatic N) is 5. The van der Waals surface area contributed by atoms with E-state index in [-0.39, 0.29) is 11.9 Å². The maximum atomic E-state index is 13.6. The van der Waals surface area contributed by atoms with Gasteiger partial charge in [-0.3, -0.25) is 4.40 Å². The molecule has 174 valence electrons. The highest BCUT2D eigenvalue weighted by Gasteiger charge is 2.19. The summed E-state index contributed by atoms with van der Waals surface area (Å²) >= 11 is 0. The Morgan fingerprint density at radius 3 is 2.54 bits per heavy atom. The van der Waals surface area contributed by atoms with Crippen LogP contribution in [0.15, 0.2) is 72.9 Å². The average molecular weight is 465 g/mol. The molecule has 0 aliphatic heterocycles. The summed E-state index contributed by atoms with van der Waals surface area (Å²) in [5.74, 6) is 0.148. The maximum Gasteiger partial charge on any atom is 0.233 e. The van der Waals surface area contributed by atoms with E-state index in [0.29, 0.717) is 17.3 Å². The molecule has 2 aromatic carbocycles. The molecule has 0 saturated carbocycles. The van der Waals surface area contributed by atoms with Gasteiger partial charge in [0.25, 0.3) is 0 Å². The standard InChI is InChI=1S/C28H25FN6/c1-19(21-7-5-4-6-8-21)31-28-30-15-13-24(32-28)27-26(22-9-11-23(29)12-10-22)33-25-17-20(18-34(2)3)14-16-35(25)27/h4-12,14,16-17,19H,18H2,1-3H3,(H,30,31,32)/t19-/m0/s1. The van der Waals surface area contributed by atoms with Crippen molar-refractivity contribution in [2.24, 2.45) is 0 Å². The Kier molecular flexibility index (Phi) is 6.13. The van der Waals surface area contributed by atoms with Gasteiger partial charge in [0, 0.05) is 24.5 Å². The molecule has 0 aliphatic rings. The third-order valence-electron chi connectivity index (χ3n) is 5.73. The molecule has 5 aromatic rings. The minimum absolute atomic E-state index is 0.00666. The van der Waals surface area contributed by atoms with E-state index in [4.69, 9.17) is 9.97 Å². The summed E-state index contributed by atoms with van der Waals surface area (Å²) in [7, 11) is 4.06. The molecular weight excluding hydrogens is 439 g/mol. The molecule has 0 amide bonds. The maximum absolute atomic E-state index is 13.6. The first-order valence-electron chi connectivity index (χ1n) is 11.4. The number of hydrogen-bond acceptors (Lipinski definition) is 5. The van der Waals surface area contributed by atoms with Gasteiger partial charge in [0.15, 0.2) is 0 Å². The zero-order valence-electron chi connectivity index (χ0n) is 19.8. The summed E-state index contributed by atoms with van der Waals surface area (Å²) in [4.78, 5) is 16.0. The van der Waals surface area contributed by atoms with Crippen molar-refractivity contribution in [2.45, 2.75) is 19.5 Å². The first kappa shape index (κ1) is 22.5. The van der Waals surface area contributed by atoms with Gasteiger partial charge in [-0.25, -0.2) is 14.4 Å². The molecule has 0 saturated heterocycles. The van der Waals surface area contributed by atoms with Crippen molar-refractivity contribution in [1.82, 2.24) is 24.3 Å². The first-order chi connectivity index (χ1) is 17.0. The highest BCUT2D eigenvalue weighted by molar-refractivity contribution is 5.80. The molecule has 35 heavy (non-hydrogen) atoms. The molecule has 1 atom stereocenters. The van der Waals surface area contributed by atoms with E-state index in [1.54, 1.807) is 12.1 Å². The van der Waals surface area contributed by atoms with Crippen LogP contribution in [-0.4, -0.2) is 38.3 Å². The topological polar surface area (TPSA) is 58.4 Å². The molecule has 0 radical (unpaired) electrons. The Hall–Kier alpha value is -4.28. The summed E-state index contributed by atoms with van der Waals surface area (Å²) in [6.45, 7) is 2.85. The number of nitrogens with one attached hydrogen (secondary N) is 1. The van der Waals surface area contributed by atoms with Crippen molar-refractivity contribution >= 4 is 11.6 Å². The number of rotatable bonds is 7. The van der Waals surface area contributed by atoms with Crippen molar-refractivity contribution in [2.75, 3.05) is 19.4 Å². The van der Waals surface area contributed by atoms with Crippen LogP contribution in [0.1, 0.15) is 24.1 Å². The second kappa shape index (κ2) is 9.53. The van der Waals surface area contributed by atoms with Crippen LogP contribution < -0.4 is 5.32 Å². The zero-order valence-corrected chi connectivity index (χ0v) is 19.8. The van der Waals surface area contributed by atoms with Gasteiger partial charge in [0.1, 0.15) is 22.9 Å². The van der Waals surface area contributed by atoms with Crippen molar-refractivity contribution in [3.63, 3.8) is 0 Å². The van der Waals surface area contributed by atoms with Crippen molar-refractivity contribution in [3.05, 3.63) is 102 Å². The van der Waals surface area contributed by atoms with E-state index in [1.807, 2.05) is 42.9 Å². The van der Waals surface area contributed by atoms with Gasteiger partial charge in [0.2, 0.25) is 5.95 Å². The molecule has 0 fully saturated rings. The van der Waals surface area contributed by atoms with E-state index in [2.05, 4.69) is 58.7 Å². The van der Waals surface area contributed by atoms with Gasteiger partial charge in [-0.05, 0) is 74.6 Å².